The van der Waals surface area contributed by atoms with Gasteiger partial charge in [-0.1, -0.05) is 24.3 Å². The van der Waals surface area contributed by atoms with E-state index in [2.05, 4.69) is 38.4 Å². The number of halogens is 7. The molecule has 0 spiro atoms. The Balaban J connectivity index is 0.000000185. The van der Waals surface area contributed by atoms with Crippen LogP contribution in [-0.4, -0.2) is 145 Å². The number of carbonyl (C=O) groups is 7. The molecule has 4 aliphatic heterocycles. The Hall–Kier alpha value is -12.1. The molecule has 11 aromatic rings. The van der Waals surface area contributed by atoms with Gasteiger partial charge in [0.05, 0.1) is 34.3 Å². The number of ketones is 1. The van der Waals surface area contributed by atoms with E-state index in [1.54, 1.807) is 86.3 Å². The van der Waals surface area contributed by atoms with E-state index in [4.69, 9.17) is 21.3 Å². The second-order valence-electron chi connectivity index (χ2n) is 26.8. The number of esters is 3. The Morgan fingerprint density at radius 3 is 1.46 bits per heavy atom. The summed E-state index contributed by atoms with van der Waals surface area (Å²) in [6.45, 7) is 7.75. The Kier molecular flexibility index (Phi) is 24.5. The number of hydrogen-bond donors (Lipinski definition) is 7. The number of nitrogens with one attached hydrogen (secondary N) is 5. The van der Waals surface area contributed by atoms with Gasteiger partial charge in [0.25, 0.3) is 27.4 Å². The number of carbonyl (C=O) groups excluding carboxylic acids is 7. The third-order valence-corrected chi connectivity index (χ3v) is 19.4. The van der Waals surface area contributed by atoms with Crippen molar-refractivity contribution in [3.63, 3.8) is 0 Å². The number of aromatic nitrogens is 4. The summed E-state index contributed by atoms with van der Waals surface area (Å²) >= 11 is 0. The number of aromatic amines is 4. The monoisotopic (exact) mass is 1820 g/mol. The van der Waals surface area contributed by atoms with Gasteiger partial charge in [-0.3, -0.25) is 44.2 Å². The van der Waals surface area contributed by atoms with Gasteiger partial charge >= 0.3 is 36.2 Å². The zero-order chi connectivity index (χ0) is 82.7. The molecular formula is C75H65BF7N11O18SU. The number of benzene rings is 7. The first-order chi connectivity index (χ1) is 53.9. The number of anilines is 4. The molecule has 39 heteroatoms. The third kappa shape index (κ3) is 18.0. The van der Waals surface area contributed by atoms with E-state index >= 15 is 0 Å². The van der Waals surface area contributed by atoms with E-state index in [1.807, 2.05) is 18.2 Å². The number of H-pyrrole nitrogens is 4. The summed E-state index contributed by atoms with van der Waals surface area (Å²) < 4.78 is 148. The molecule has 4 amide bonds. The van der Waals surface area contributed by atoms with Gasteiger partial charge in [-0.05, 0) is 148 Å². The first kappa shape index (κ1) is 82.9. The summed E-state index contributed by atoms with van der Waals surface area (Å²) in [7, 11) is -1.02. The van der Waals surface area contributed by atoms with E-state index in [1.165, 1.54) is 51.8 Å². The van der Waals surface area contributed by atoms with Crippen LogP contribution >= 0.6 is 0 Å². The Bertz CT molecular complexity index is 5810. The van der Waals surface area contributed by atoms with Gasteiger partial charge in [0, 0.05) is 171 Å². The van der Waals surface area contributed by atoms with Crippen LogP contribution in [0.3, 0.4) is 0 Å². The molecule has 0 unspecified atom stereocenters. The minimum absolute atomic E-state index is 0. The van der Waals surface area contributed by atoms with Gasteiger partial charge in [-0.15, -0.1) is 0 Å². The van der Waals surface area contributed by atoms with Crippen molar-refractivity contribution in [1.29, 1.82) is 1.34 Å². The van der Waals surface area contributed by atoms with Crippen molar-refractivity contribution < 1.29 is 137 Å². The quantitative estimate of drug-likeness (QED) is 0.00612. The fraction of sp³-hybridized carbons (Fsp3) is 0.240. The molecule has 29 nitrogen and oxygen atoms in total. The van der Waals surface area contributed by atoms with Crippen LogP contribution in [-0.2, 0) is 67.6 Å². The second kappa shape index (κ2) is 33.7. The van der Waals surface area contributed by atoms with Gasteiger partial charge in [0.15, 0.2) is 11.6 Å². The number of nitro groups is 2. The number of urea groups is 1. The number of non-ortho nitro benzene ring substituents is 2. The molecule has 4 aliphatic rings. The number of primary amides is 1. The van der Waals surface area contributed by atoms with Crippen molar-refractivity contribution in [2.24, 2.45) is 5.73 Å². The minimum Gasteiger partial charge on any atom is -0.461 e. The van der Waals surface area contributed by atoms with Crippen LogP contribution < -0.4 is 30.5 Å². The van der Waals surface area contributed by atoms with Crippen molar-refractivity contribution >= 4 is 138 Å². The average Bonchev–Trinajstić information content (AvgIpc) is 1.60. The fourth-order valence-corrected chi connectivity index (χ4v) is 13.9. The van der Waals surface area contributed by atoms with E-state index < -0.39 is 107 Å². The number of nitrogens with two attached hydrogens (primary N) is 1. The van der Waals surface area contributed by atoms with Crippen molar-refractivity contribution in [1.82, 2.24) is 19.9 Å². The largest absolute Gasteiger partial charge is 0.461 e. The molecule has 590 valence electrons. The zero-order valence-corrected chi connectivity index (χ0v) is 65.3. The van der Waals surface area contributed by atoms with Crippen LogP contribution in [0.4, 0.5) is 74.4 Å². The predicted octanol–water partition coefficient (Wildman–Crippen LogP) is 13.0. The Morgan fingerprint density at radius 1 is 0.579 bits per heavy atom. The normalized spacial score (nSPS) is 13.2. The molecule has 114 heavy (non-hydrogen) atoms. The first-order valence-corrected chi connectivity index (χ1v) is 35.5. The van der Waals surface area contributed by atoms with Crippen LogP contribution in [0.25, 0.3) is 43.6 Å². The summed E-state index contributed by atoms with van der Waals surface area (Å²) in [5.74, 6) is -12.9. The van der Waals surface area contributed by atoms with Gasteiger partial charge in [-0.25, -0.2) is 32.8 Å². The summed E-state index contributed by atoms with van der Waals surface area (Å²) in [6.07, 6.45) is -2.12. The van der Waals surface area contributed by atoms with Gasteiger partial charge < -0.3 is 54.8 Å². The molecular weight excluding hydrogens is 1760 g/mol. The van der Waals surface area contributed by atoms with E-state index in [0.29, 0.717) is 96.6 Å². The smallest absolute Gasteiger partial charge is 0.449 e. The molecule has 0 saturated carbocycles. The van der Waals surface area contributed by atoms with Crippen LogP contribution in [0.15, 0.2) is 126 Å². The third-order valence-electron chi connectivity index (χ3n) is 18.5. The average molecular weight is 1820 g/mol. The Morgan fingerprint density at radius 2 is 1.01 bits per heavy atom. The van der Waals surface area contributed by atoms with E-state index in [9.17, 15) is 97.5 Å². The summed E-state index contributed by atoms with van der Waals surface area (Å²) in [5.41, 5.74) is 15.0. The molecule has 0 fully saturated rings. The number of Topliss-reactive ketones (excluding diaryl/α,β-unsaturated/α-hetero) is 1. The van der Waals surface area contributed by atoms with Crippen molar-refractivity contribution in [3.05, 3.63) is 221 Å². The fourth-order valence-electron chi connectivity index (χ4n) is 13.2. The SMILES string of the molecule is CC(=O)C(F)(F)F.CC(C)(C)OC(=O)N1CCc2c1cc(S(=O)(=O)O)c1[nH]c(C(=O)N3CCc4c3ccc3[nH]c(C(=O)OCCc5ccc([N+](=O)[O-])cc5)cc43)cc21.NC(=O)N1CCc2c1ccc1[nH]c(C(=O)Oc3c(F)c(F)cc(F)c3F)cc21.O=C(OCCc1ccc([N+](=O)[O-])cc1)c1cc2c3c(ccc2[nH]1)NCC3.[2H][B].[U]. The van der Waals surface area contributed by atoms with E-state index in [0.717, 1.165) is 57.2 Å². The topological polar surface area (TPSA) is 408 Å². The van der Waals surface area contributed by atoms with Gasteiger partial charge in [0.1, 0.15) is 33.3 Å². The van der Waals surface area contributed by atoms with Crippen LogP contribution in [0, 0.1) is 74.6 Å². The van der Waals surface area contributed by atoms with Crippen molar-refractivity contribution in [2.45, 2.75) is 82.9 Å². The number of nitrogens with zero attached hydrogens (tertiary/aromatic N) is 5. The summed E-state index contributed by atoms with van der Waals surface area (Å²) in [4.78, 5) is 121. The number of amides is 4. The molecule has 8 N–H and O–H groups in total. The number of ether oxygens (including phenoxy) is 4. The molecule has 8 heterocycles. The van der Waals surface area contributed by atoms with Crippen LogP contribution in [0.2, 0.25) is 0 Å². The van der Waals surface area contributed by atoms with Crippen LogP contribution in [0.5, 0.6) is 5.75 Å². The molecule has 0 atom stereocenters. The van der Waals surface area contributed by atoms with E-state index in [-0.39, 0.29) is 96.6 Å². The number of nitro benzene ring substituents is 2. The zero-order valence-electron chi connectivity index (χ0n) is 61.4. The molecule has 7 aromatic carbocycles. The van der Waals surface area contributed by atoms with Crippen molar-refractivity contribution in [3.8, 4) is 5.75 Å². The molecule has 4 aromatic heterocycles. The van der Waals surface area contributed by atoms with Crippen molar-refractivity contribution in [2.75, 3.05) is 59.4 Å². The maximum absolute atomic E-state index is 14.0. The van der Waals surface area contributed by atoms with Crippen LogP contribution in [0.1, 0.15) is 103 Å². The Labute approximate surface area is 667 Å². The molecule has 0 bridgehead atoms. The molecule has 0 saturated heterocycles. The maximum Gasteiger partial charge on any atom is 0.449 e. The maximum atomic E-state index is 14.0. The number of rotatable bonds is 14. The first-order valence-electron chi connectivity index (χ1n) is 34.7. The number of alkyl halides is 3. The standard InChI is InChI=1S/C35H33N5O10S.C19H17N3O4.C18H11F4N3O3.C3H3F3O.BH.U/c1-35(2,3)50-34(43)39-14-11-22-24-17-26(37-31(24)30(18-29(22)39)51(46,47)48)32(41)38-13-10-21-23-16-27(36-25(23)8-9-28(21)38)33(42)49-15-12-19-4-6-20(7-5-19)40(44)45;23-19(26-10-8-12-1-3-13(4-2-12)22(24)25)18-11-15-14-7-9-20-16(14)5-6-17(15)21-18;19-9-6-10(20)15(22)16(14(9)21)28-17(26)12-5-8-7-3-4-25(18(23)27)13(7)2-1-11(8)24-12;1-2(7)3(4,5)6;;/h4-9,16-18,36-37H,10-15H2,1-3H3,(H,46,47,48);1-6,11,20-21H,7-10H2;1-2,5-6,24H,3-4H2,(H2,23,27);1H3;1H;/i;;;;1D;. The predicted molar refractivity (Wildman–Crippen MR) is 398 cm³/mol. The number of fused-ring (bicyclic) bond motifs is 12. The van der Waals surface area contributed by atoms with Gasteiger partial charge in [0.2, 0.25) is 23.2 Å². The molecule has 15 rings (SSSR count). The molecule has 2 radical (unpaired) electrons. The minimum atomic E-state index is -4.77. The summed E-state index contributed by atoms with van der Waals surface area (Å²) in [5, 5.41) is 27.6. The van der Waals surface area contributed by atoms with Gasteiger partial charge in [-0.2, -0.15) is 30.4 Å². The molecule has 0 aliphatic carbocycles. The number of hydrogen-bond acceptors (Lipinski definition) is 18. The summed E-state index contributed by atoms with van der Waals surface area (Å²) in [6, 6.07) is 30.0. The second-order valence-corrected chi connectivity index (χ2v) is 28.2.